The van der Waals surface area contributed by atoms with Crippen molar-refractivity contribution in [2.45, 2.75) is 191 Å². The normalized spacial score (nSPS) is 28.6. The van der Waals surface area contributed by atoms with Crippen LogP contribution in [-0.4, -0.2) is 146 Å². The third kappa shape index (κ3) is 15.2. The summed E-state index contributed by atoms with van der Waals surface area (Å²) in [6.45, 7) is 7.44. The number of pyridine rings is 2. The number of unbranched alkanes of at least 4 members (excludes halogenated alkanes) is 1. The Bertz CT molecular complexity index is 2330. The van der Waals surface area contributed by atoms with Crippen molar-refractivity contribution in [1.29, 1.82) is 0 Å². The number of amides is 5. The van der Waals surface area contributed by atoms with Crippen molar-refractivity contribution in [3.05, 3.63) is 58.7 Å². The van der Waals surface area contributed by atoms with E-state index in [4.69, 9.17) is 18.9 Å². The van der Waals surface area contributed by atoms with Gasteiger partial charge in [-0.1, -0.05) is 19.9 Å². The highest BCUT2D eigenvalue weighted by molar-refractivity contribution is 5.90. The van der Waals surface area contributed by atoms with E-state index in [0.717, 1.165) is 44.1 Å². The predicted molar refractivity (Wildman–Crippen MR) is 284 cm³/mol. The zero-order valence-corrected chi connectivity index (χ0v) is 46.3. The lowest BCUT2D eigenvalue weighted by molar-refractivity contribution is -0.146. The predicted octanol–water partition coefficient (Wildman–Crippen LogP) is 6.54. The molecule has 0 radical (unpaired) electrons. The molecule has 3 aliphatic carbocycles. The van der Waals surface area contributed by atoms with E-state index in [-0.39, 0.29) is 109 Å². The number of aromatic nitrogens is 2. The van der Waals surface area contributed by atoms with Crippen molar-refractivity contribution >= 4 is 29.5 Å². The third-order valence-electron chi connectivity index (χ3n) is 17.8. The Hall–Kier alpha value is -4.76. The van der Waals surface area contributed by atoms with Gasteiger partial charge in [0.05, 0.1) is 60.2 Å². The SMILES string of the molecule is CO[C@@H]1COCC[C@@H]1N[C@@H]1CC[C@@](C(=O)N2CCc3nc(CCCCNC(=O)[C@H]4CC[C@H](NC(=O)CCCO[C@H]5CC[C@H](OCCNC(=O)[C@H]6CC(=O)N(C)[C@@H]6c6cccnc6)CC5)CC4)c(C(F)(F)F)cc3C2)(C(C)C)C1. The van der Waals surface area contributed by atoms with Crippen LogP contribution in [0.4, 0.5) is 13.2 Å². The molecule has 2 aromatic rings. The summed E-state index contributed by atoms with van der Waals surface area (Å²) in [4.78, 5) is 78.0. The number of likely N-dealkylation sites (tertiary alicyclic amines) is 1. The molecule has 432 valence electrons. The third-order valence-corrected chi connectivity index (χ3v) is 17.8. The summed E-state index contributed by atoms with van der Waals surface area (Å²) in [6.07, 6.45) is 10.7. The molecule has 17 nitrogen and oxygen atoms in total. The van der Waals surface area contributed by atoms with E-state index < -0.39 is 23.1 Å². The van der Waals surface area contributed by atoms with Crippen molar-refractivity contribution in [2.24, 2.45) is 23.2 Å². The Labute approximate surface area is 458 Å². The zero-order valence-electron chi connectivity index (χ0n) is 46.3. The number of hydrogen-bond acceptors (Lipinski definition) is 12. The van der Waals surface area contributed by atoms with E-state index in [1.54, 1.807) is 42.4 Å². The maximum absolute atomic E-state index is 14.6. The van der Waals surface area contributed by atoms with Gasteiger partial charge in [-0.25, -0.2) is 0 Å². The van der Waals surface area contributed by atoms with Crippen molar-refractivity contribution in [1.82, 2.24) is 41.0 Å². The van der Waals surface area contributed by atoms with Gasteiger partial charge in [0.25, 0.3) is 0 Å². The Kier molecular flexibility index (Phi) is 21.0. The second-order valence-corrected chi connectivity index (χ2v) is 23.2. The summed E-state index contributed by atoms with van der Waals surface area (Å²) >= 11 is 0. The first-order valence-electron chi connectivity index (χ1n) is 29.0. The first-order chi connectivity index (χ1) is 37.5. The number of alkyl halides is 3. The van der Waals surface area contributed by atoms with Crippen molar-refractivity contribution in [2.75, 3.05) is 60.2 Å². The molecule has 20 heteroatoms. The molecule has 0 aromatic carbocycles. The van der Waals surface area contributed by atoms with E-state index in [2.05, 4.69) is 45.1 Å². The van der Waals surface area contributed by atoms with Crippen LogP contribution in [0, 0.1) is 23.2 Å². The second kappa shape index (κ2) is 27.6. The molecule has 3 saturated carbocycles. The number of fused-ring (bicyclic) bond motifs is 1. The Morgan fingerprint density at radius 3 is 2.36 bits per heavy atom. The molecule has 0 unspecified atom stereocenters. The van der Waals surface area contributed by atoms with Gasteiger partial charge in [0.2, 0.25) is 29.5 Å². The summed E-state index contributed by atoms with van der Waals surface area (Å²) in [5.74, 6) is -0.901. The second-order valence-electron chi connectivity index (χ2n) is 23.2. The van der Waals surface area contributed by atoms with Gasteiger partial charge in [-0.15, -0.1) is 0 Å². The van der Waals surface area contributed by atoms with Gasteiger partial charge >= 0.3 is 6.18 Å². The Morgan fingerprint density at radius 1 is 0.910 bits per heavy atom. The highest BCUT2D eigenvalue weighted by Gasteiger charge is 2.51. The maximum Gasteiger partial charge on any atom is 0.418 e. The van der Waals surface area contributed by atoms with Crippen LogP contribution < -0.4 is 21.3 Å². The molecule has 4 N–H and O–H groups in total. The number of hydrogen-bond donors (Lipinski definition) is 4. The zero-order chi connectivity index (χ0) is 55.4. The maximum atomic E-state index is 14.6. The van der Waals surface area contributed by atoms with Crippen molar-refractivity contribution in [3.63, 3.8) is 0 Å². The lowest BCUT2D eigenvalue weighted by Gasteiger charge is -2.40. The Balaban J connectivity index is 0.668. The minimum absolute atomic E-state index is 0.00518. The van der Waals surface area contributed by atoms with E-state index in [0.29, 0.717) is 128 Å². The van der Waals surface area contributed by atoms with Crippen LogP contribution >= 0.6 is 0 Å². The number of carbonyl (C=O) groups excluding carboxylic acids is 5. The van der Waals surface area contributed by atoms with Gasteiger partial charge in [0.1, 0.15) is 0 Å². The number of carbonyl (C=O) groups is 5. The molecule has 0 bridgehead atoms. The monoisotopic (exact) mass is 1090 g/mol. The summed E-state index contributed by atoms with van der Waals surface area (Å²) in [5, 5.41) is 12.8. The van der Waals surface area contributed by atoms with Crippen LogP contribution in [0.5, 0.6) is 0 Å². The van der Waals surface area contributed by atoms with Crippen LogP contribution in [0.25, 0.3) is 0 Å². The van der Waals surface area contributed by atoms with E-state index in [9.17, 15) is 37.1 Å². The van der Waals surface area contributed by atoms with Gasteiger partial charge in [0.15, 0.2) is 0 Å². The van der Waals surface area contributed by atoms with Gasteiger partial charge in [-0.2, -0.15) is 13.2 Å². The molecular formula is C58H85F3N8O9. The van der Waals surface area contributed by atoms with Gasteiger partial charge in [-0.3, -0.25) is 33.9 Å². The summed E-state index contributed by atoms with van der Waals surface area (Å²) < 4.78 is 67.2. The topological polar surface area (TPSA) is 203 Å². The molecule has 0 spiro atoms. The van der Waals surface area contributed by atoms with Crippen LogP contribution in [-0.2, 0) is 68.5 Å². The molecular weight excluding hydrogens is 1010 g/mol. The first kappa shape index (κ1) is 59.4. The molecule has 5 fully saturated rings. The van der Waals surface area contributed by atoms with Crippen LogP contribution in [0.3, 0.4) is 0 Å². The first-order valence-corrected chi connectivity index (χ1v) is 29.0. The Morgan fingerprint density at radius 2 is 1.65 bits per heavy atom. The molecule has 6 atom stereocenters. The summed E-state index contributed by atoms with van der Waals surface area (Å²) in [7, 11) is 3.41. The number of ether oxygens (including phenoxy) is 4. The fraction of sp³-hybridized carbons (Fsp3) is 0.741. The fourth-order valence-electron chi connectivity index (χ4n) is 13.1. The number of nitrogens with zero attached hydrogens (tertiary/aromatic N) is 4. The lowest BCUT2D eigenvalue weighted by Crippen LogP contribution is -2.52. The van der Waals surface area contributed by atoms with Crippen LogP contribution in [0.15, 0.2) is 30.6 Å². The van der Waals surface area contributed by atoms with Crippen molar-refractivity contribution < 1.29 is 56.1 Å². The van der Waals surface area contributed by atoms with Crippen LogP contribution in [0.2, 0.25) is 0 Å². The molecule has 6 aliphatic rings. The van der Waals surface area contributed by atoms with E-state index in [1.165, 1.54) is 6.07 Å². The van der Waals surface area contributed by atoms with E-state index >= 15 is 0 Å². The minimum Gasteiger partial charge on any atom is -0.379 e. The number of rotatable bonds is 23. The highest BCUT2D eigenvalue weighted by atomic mass is 19.4. The average Bonchev–Trinajstić information content (AvgIpc) is 4.02. The molecule has 3 aliphatic heterocycles. The quantitative estimate of drug-likeness (QED) is 0.0877. The molecule has 5 amide bonds. The summed E-state index contributed by atoms with van der Waals surface area (Å²) in [6, 6.07) is 4.85. The van der Waals surface area contributed by atoms with Gasteiger partial charge in [0, 0.05) is 115 Å². The number of nitrogens with one attached hydrogen (secondary N) is 4. The average molecular weight is 1100 g/mol. The fourth-order valence-corrected chi connectivity index (χ4v) is 13.1. The molecule has 2 saturated heterocycles. The lowest BCUT2D eigenvalue weighted by atomic mass is 9.74. The molecule has 8 rings (SSSR count). The molecule has 5 heterocycles. The van der Waals surface area contributed by atoms with Gasteiger partial charge < -0.3 is 50.0 Å². The number of aryl methyl sites for hydroxylation is 1. The molecule has 2 aromatic heterocycles. The molecule has 78 heavy (non-hydrogen) atoms. The summed E-state index contributed by atoms with van der Waals surface area (Å²) in [5.41, 5.74) is 0.565. The number of methoxy groups -OCH3 is 1. The van der Waals surface area contributed by atoms with E-state index in [1.807, 2.05) is 6.07 Å². The minimum atomic E-state index is -4.60. The van der Waals surface area contributed by atoms with Gasteiger partial charge in [-0.05, 0) is 132 Å². The van der Waals surface area contributed by atoms with Crippen molar-refractivity contribution in [3.8, 4) is 0 Å². The smallest absolute Gasteiger partial charge is 0.379 e. The highest BCUT2D eigenvalue weighted by Crippen LogP contribution is 2.47. The largest absolute Gasteiger partial charge is 0.418 e. The standard InChI is InChI=1S/C58H85F3N8O9/c1-37(2)57(23-20-42(33-57)65-49-22-29-76-36-50(49)75-4)56(74)69-27-21-47-40(35-69)31-46(58(59,60)61)48(67-47)10-5-6-25-63-54(72)38-12-14-41(15-13-38)66-51(70)11-8-28-77-43-16-18-44(19-17-43)78-30-26-64-55(73)45-32-52(71)68(3)53(45)39-9-7-24-62-34-39/h7,9,24,31,34,37-38,41-45,49-50,53,65H,5-6,8,10-23,25-30,32-33,35-36H2,1-4H3,(H,63,72)(H,64,73)(H,66,70)/t38-,41-,42-,43-,44-,45+,49+,50-,53-,57+/m1/s1. The van der Waals surface area contributed by atoms with Crippen LogP contribution in [0.1, 0.15) is 157 Å². The number of halogens is 3.